The molecule has 3 nitrogen and oxygen atoms in total. The molecule has 1 aliphatic rings. The van der Waals surface area contributed by atoms with Crippen molar-refractivity contribution in [3.05, 3.63) is 54.4 Å². The number of nitrogens with zero attached hydrogens (tertiary/aromatic N) is 2. The monoisotopic (exact) mass is 254 g/mol. The Balaban J connectivity index is 1.60. The number of anilines is 1. The highest BCUT2D eigenvalue weighted by molar-refractivity contribution is 5.48. The molecule has 3 rings (SSSR count). The number of hydrogen-bond donors (Lipinski definition) is 0. The average molecular weight is 254 g/mol. The van der Waals surface area contributed by atoms with Crippen LogP contribution in [0.5, 0.6) is 5.75 Å². The van der Waals surface area contributed by atoms with E-state index in [2.05, 4.69) is 35.0 Å². The maximum absolute atomic E-state index is 6.07. The zero-order chi connectivity index (χ0) is 13.1. The molecule has 3 heteroatoms. The number of pyridine rings is 1. The molecule has 0 radical (unpaired) electrons. The quantitative estimate of drug-likeness (QED) is 0.839. The van der Waals surface area contributed by atoms with E-state index in [1.165, 1.54) is 11.3 Å². The predicted octanol–water partition coefficient (Wildman–Crippen LogP) is 2.91. The standard InChI is InChI=1S/C16H18N2O/c1-2-13-5-3-4-6-16(13)19-15-11-18(12-15)14-7-9-17-10-8-14/h3-10,15H,2,11-12H2,1H3. The van der Waals surface area contributed by atoms with Crippen LogP contribution >= 0.6 is 0 Å². The first-order valence-electron chi connectivity index (χ1n) is 6.76. The Morgan fingerprint density at radius 1 is 1.16 bits per heavy atom. The Morgan fingerprint density at radius 2 is 1.89 bits per heavy atom. The summed E-state index contributed by atoms with van der Waals surface area (Å²) in [5, 5.41) is 0. The van der Waals surface area contributed by atoms with Gasteiger partial charge in [-0.15, -0.1) is 0 Å². The van der Waals surface area contributed by atoms with E-state index in [1.807, 2.05) is 30.6 Å². The van der Waals surface area contributed by atoms with Crippen LogP contribution in [0.3, 0.4) is 0 Å². The van der Waals surface area contributed by atoms with Crippen molar-refractivity contribution in [1.82, 2.24) is 4.98 Å². The van der Waals surface area contributed by atoms with Gasteiger partial charge in [0.1, 0.15) is 11.9 Å². The van der Waals surface area contributed by atoms with E-state index >= 15 is 0 Å². The summed E-state index contributed by atoms with van der Waals surface area (Å²) in [5.41, 5.74) is 2.50. The molecule has 1 aromatic heterocycles. The van der Waals surface area contributed by atoms with Crippen LogP contribution in [0.25, 0.3) is 0 Å². The van der Waals surface area contributed by atoms with Crippen molar-refractivity contribution in [3.8, 4) is 5.75 Å². The van der Waals surface area contributed by atoms with Gasteiger partial charge in [0, 0.05) is 18.1 Å². The maximum atomic E-state index is 6.07. The smallest absolute Gasteiger partial charge is 0.133 e. The summed E-state index contributed by atoms with van der Waals surface area (Å²) in [4.78, 5) is 6.34. The zero-order valence-electron chi connectivity index (χ0n) is 11.1. The predicted molar refractivity (Wildman–Crippen MR) is 76.7 cm³/mol. The maximum Gasteiger partial charge on any atom is 0.133 e. The number of hydrogen-bond acceptors (Lipinski definition) is 3. The molecule has 2 aromatic rings. The van der Waals surface area contributed by atoms with Gasteiger partial charge in [-0.1, -0.05) is 25.1 Å². The second kappa shape index (κ2) is 5.31. The Labute approximate surface area is 113 Å². The fourth-order valence-electron chi connectivity index (χ4n) is 2.37. The fraction of sp³-hybridized carbons (Fsp3) is 0.312. The van der Waals surface area contributed by atoms with Gasteiger partial charge in [-0.2, -0.15) is 0 Å². The molecule has 2 heterocycles. The normalized spacial score (nSPS) is 15.1. The molecule has 0 aliphatic carbocycles. The first kappa shape index (κ1) is 12.0. The largest absolute Gasteiger partial charge is 0.486 e. The molecule has 19 heavy (non-hydrogen) atoms. The van der Waals surface area contributed by atoms with Crippen molar-refractivity contribution in [3.63, 3.8) is 0 Å². The summed E-state index contributed by atoms with van der Waals surface area (Å²) >= 11 is 0. The lowest BCUT2D eigenvalue weighted by molar-refractivity contribution is 0.166. The minimum absolute atomic E-state index is 0.292. The van der Waals surface area contributed by atoms with Gasteiger partial charge in [0.05, 0.1) is 13.1 Å². The fourth-order valence-corrected chi connectivity index (χ4v) is 2.37. The van der Waals surface area contributed by atoms with Gasteiger partial charge in [0.25, 0.3) is 0 Å². The van der Waals surface area contributed by atoms with Gasteiger partial charge in [-0.05, 0) is 30.2 Å². The van der Waals surface area contributed by atoms with Crippen molar-refractivity contribution in [1.29, 1.82) is 0 Å². The van der Waals surface area contributed by atoms with Crippen LogP contribution < -0.4 is 9.64 Å². The molecule has 0 saturated carbocycles. The number of para-hydroxylation sites is 1. The van der Waals surface area contributed by atoms with Crippen LogP contribution in [-0.2, 0) is 6.42 Å². The van der Waals surface area contributed by atoms with Gasteiger partial charge < -0.3 is 9.64 Å². The van der Waals surface area contributed by atoms with Crippen LogP contribution in [-0.4, -0.2) is 24.2 Å². The molecule has 1 aliphatic heterocycles. The highest BCUT2D eigenvalue weighted by atomic mass is 16.5. The van der Waals surface area contributed by atoms with Gasteiger partial charge in [0.2, 0.25) is 0 Å². The minimum atomic E-state index is 0.292. The molecule has 1 fully saturated rings. The van der Waals surface area contributed by atoms with E-state index in [0.29, 0.717) is 6.10 Å². The average Bonchev–Trinajstić information content (AvgIpc) is 2.43. The molecule has 1 saturated heterocycles. The van der Waals surface area contributed by atoms with E-state index in [0.717, 1.165) is 25.3 Å². The van der Waals surface area contributed by atoms with Crippen LogP contribution in [0.15, 0.2) is 48.8 Å². The Kier molecular flexibility index (Phi) is 3.36. The summed E-state index contributed by atoms with van der Waals surface area (Å²) in [6.07, 6.45) is 4.96. The minimum Gasteiger partial charge on any atom is -0.486 e. The molecule has 0 bridgehead atoms. The van der Waals surface area contributed by atoms with Crippen LogP contribution in [0, 0.1) is 0 Å². The van der Waals surface area contributed by atoms with E-state index in [9.17, 15) is 0 Å². The molecule has 0 N–H and O–H groups in total. The SMILES string of the molecule is CCc1ccccc1OC1CN(c2ccncc2)C1. The zero-order valence-corrected chi connectivity index (χ0v) is 11.1. The van der Waals surface area contributed by atoms with Gasteiger partial charge >= 0.3 is 0 Å². The number of ether oxygens (including phenoxy) is 1. The number of benzene rings is 1. The van der Waals surface area contributed by atoms with E-state index in [4.69, 9.17) is 4.74 Å². The Morgan fingerprint density at radius 3 is 2.63 bits per heavy atom. The second-order valence-corrected chi connectivity index (χ2v) is 4.81. The third-order valence-electron chi connectivity index (χ3n) is 3.52. The van der Waals surface area contributed by atoms with Crippen molar-refractivity contribution in [2.24, 2.45) is 0 Å². The highest BCUT2D eigenvalue weighted by Gasteiger charge is 2.28. The van der Waals surface area contributed by atoms with E-state index in [-0.39, 0.29) is 0 Å². The number of rotatable bonds is 4. The highest BCUT2D eigenvalue weighted by Crippen LogP contribution is 2.25. The van der Waals surface area contributed by atoms with E-state index in [1.54, 1.807) is 0 Å². The van der Waals surface area contributed by atoms with Crippen molar-refractivity contribution in [2.75, 3.05) is 18.0 Å². The van der Waals surface area contributed by atoms with Gasteiger partial charge in [-0.3, -0.25) is 4.98 Å². The molecule has 98 valence electrons. The first-order valence-corrected chi connectivity index (χ1v) is 6.76. The van der Waals surface area contributed by atoms with Crippen LogP contribution in [0.2, 0.25) is 0 Å². The van der Waals surface area contributed by atoms with Crippen molar-refractivity contribution >= 4 is 5.69 Å². The van der Waals surface area contributed by atoms with Crippen LogP contribution in [0.4, 0.5) is 5.69 Å². The van der Waals surface area contributed by atoms with Gasteiger partial charge in [0.15, 0.2) is 0 Å². The first-order chi connectivity index (χ1) is 9.36. The number of aromatic nitrogens is 1. The summed E-state index contributed by atoms with van der Waals surface area (Å²) in [6.45, 7) is 4.05. The summed E-state index contributed by atoms with van der Waals surface area (Å²) < 4.78 is 6.07. The lowest BCUT2D eigenvalue weighted by Crippen LogP contribution is -2.54. The second-order valence-electron chi connectivity index (χ2n) is 4.81. The van der Waals surface area contributed by atoms with Gasteiger partial charge in [-0.25, -0.2) is 0 Å². The summed E-state index contributed by atoms with van der Waals surface area (Å²) in [7, 11) is 0. The van der Waals surface area contributed by atoms with Crippen molar-refractivity contribution < 1.29 is 4.74 Å². The van der Waals surface area contributed by atoms with Crippen LogP contribution in [0.1, 0.15) is 12.5 Å². The lowest BCUT2D eigenvalue weighted by atomic mass is 10.1. The lowest BCUT2D eigenvalue weighted by Gasteiger charge is -2.40. The summed E-state index contributed by atoms with van der Waals surface area (Å²) in [5.74, 6) is 1.03. The molecular formula is C16H18N2O. The molecule has 1 aromatic carbocycles. The third kappa shape index (κ3) is 2.55. The number of aryl methyl sites for hydroxylation is 1. The Bertz CT molecular complexity index is 535. The molecule has 0 amide bonds. The summed E-state index contributed by atoms with van der Waals surface area (Å²) in [6, 6.07) is 12.4. The van der Waals surface area contributed by atoms with Crippen molar-refractivity contribution in [2.45, 2.75) is 19.4 Å². The molecule has 0 spiro atoms. The molecular weight excluding hydrogens is 236 g/mol. The van der Waals surface area contributed by atoms with E-state index < -0.39 is 0 Å². The Hall–Kier alpha value is -2.03. The third-order valence-corrected chi connectivity index (χ3v) is 3.52. The molecule has 0 atom stereocenters. The molecule has 0 unspecified atom stereocenters. The topological polar surface area (TPSA) is 25.4 Å².